The predicted octanol–water partition coefficient (Wildman–Crippen LogP) is 5.47. The van der Waals surface area contributed by atoms with Gasteiger partial charge in [-0.05, 0) is 36.2 Å². The van der Waals surface area contributed by atoms with Crippen LogP contribution >= 0.6 is 0 Å². The third-order valence-electron chi connectivity index (χ3n) is 6.50. The van der Waals surface area contributed by atoms with Crippen LogP contribution in [0.15, 0.2) is 95.5 Å². The number of methoxy groups -OCH3 is 1. The molecule has 3 aromatic carbocycles. The van der Waals surface area contributed by atoms with Crippen molar-refractivity contribution in [2.24, 2.45) is 0 Å². The lowest BCUT2D eigenvalue weighted by molar-refractivity contribution is -0.149. The van der Waals surface area contributed by atoms with Crippen molar-refractivity contribution in [3.63, 3.8) is 0 Å². The van der Waals surface area contributed by atoms with Crippen molar-refractivity contribution < 1.29 is 13.9 Å². The van der Waals surface area contributed by atoms with Crippen LogP contribution in [0.4, 0.5) is 0 Å². The van der Waals surface area contributed by atoms with Gasteiger partial charge in [0.2, 0.25) is 5.72 Å². The average molecular weight is 468 g/mol. The Hall–Kier alpha value is -3.87. The molecule has 2 aromatic heterocycles. The molecular weight excluding hydrogens is 438 g/mol. The van der Waals surface area contributed by atoms with Crippen molar-refractivity contribution in [3.8, 4) is 0 Å². The Labute approximate surface area is 204 Å². The lowest BCUT2D eigenvalue weighted by Gasteiger charge is -2.33. The summed E-state index contributed by atoms with van der Waals surface area (Å²) in [5, 5.41) is 8.60. The first kappa shape index (κ1) is 22.9. The minimum absolute atomic E-state index is 0.186. The molecule has 0 aliphatic heterocycles. The third kappa shape index (κ3) is 4.71. The Morgan fingerprint density at radius 3 is 2.57 bits per heavy atom. The fourth-order valence-corrected chi connectivity index (χ4v) is 4.50. The summed E-state index contributed by atoms with van der Waals surface area (Å²) in [7, 11) is 1.56. The monoisotopic (exact) mass is 467 g/mol. The van der Waals surface area contributed by atoms with E-state index in [0.29, 0.717) is 13.0 Å². The van der Waals surface area contributed by atoms with E-state index in [-0.39, 0.29) is 11.9 Å². The van der Waals surface area contributed by atoms with E-state index < -0.39 is 5.72 Å². The van der Waals surface area contributed by atoms with Crippen molar-refractivity contribution >= 4 is 27.8 Å². The molecule has 0 fully saturated rings. The zero-order valence-electron chi connectivity index (χ0n) is 19.9. The highest BCUT2D eigenvalue weighted by molar-refractivity contribution is 5.88. The zero-order chi connectivity index (χ0) is 24.3. The van der Waals surface area contributed by atoms with E-state index in [0.717, 1.165) is 38.8 Å². The number of carbonyl (C=O) groups is 1. The molecule has 0 spiro atoms. The van der Waals surface area contributed by atoms with E-state index in [2.05, 4.69) is 15.6 Å². The van der Waals surface area contributed by atoms with Gasteiger partial charge >= 0.3 is 0 Å². The van der Waals surface area contributed by atoms with Crippen LogP contribution in [0.5, 0.6) is 0 Å². The maximum absolute atomic E-state index is 13.8. The Bertz CT molecular complexity index is 1410. The summed E-state index contributed by atoms with van der Waals surface area (Å²) < 4.78 is 12.0. The largest absolute Gasteiger partial charge is 0.460 e. The SMILES string of the molecule is COC(Cc1c[nH]c2ccccc12)(NCc1cc2ccccc2o1)C(=O)NC(C)c1ccccc1. The number of aromatic nitrogens is 1. The molecule has 0 saturated heterocycles. The van der Waals surface area contributed by atoms with Gasteiger partial charge in [-0.1, -0.05) is 66.7 Å². The van der Waals surface area contributed by atoms with Gasteiger partial charge in [-0.3, -0.25) is 10.1 Å². The molecular formula is C29H29N3O3. The van der Waals surface area contributed by atoms with Gasteiger partial charge in [0.15, 0.2) is 0 Å². The van der Waals surface area contributed by atoms with Crippen LogP contribution in [0.25, 0.3) is 21.9 Å². The van der Waals surface area contributed by atoms with Crippen LogP contribution in [0.1, 0.15) is 29.9 Å². The third-order valence-corrected chi connectivity index (χ3v) is 6.50. The summed E-state index contributed by atoms with van der Waals surface area (Å²) >= 11 is 0. The zero-order valence-corrected chi connectivity index (χ0v) is 19.9. The highest BCUT2D eigenvalue weighted by atomic mass is 16.5. The number of ether oxygens (including phenoxy) is 1. The topological polar surface area (TPSA) is 79.3 Å². The summed E-state index contributed by atoms with van der Waals surface area (Å²) in [6.45, 7) is 2.30. The molecule has 2 unspecified atom stereocenters. The van der Waals surface area contributed by atoms with Crippen LogP contribution in [0.3, 0.4) is 0 Å². The summed E-state index contributed by atoms with van der Waals surface area (Å²) in [5.74, 6) is 0.494. The van der Waals surface area contributed by atoms with E-state index in [9.17, 15) is 4.79 Å². The Morgan fingerprint density at radius 1 is 1.03 bits per heavy atom. The Balaban J connectivity index is 1.45. The van der Waals surface area contributed by atoms with Crippen LogP contribution in [0.2, 0.25) is 0 Å². The van der Waals surface area contributed by atoms with Crippen LogP contribution in [-0.4, -0.2) is 23.7 Å². The molecule has 0 saturated carbocycles. The highest BCUT2D eigenvalue weighted by Gasteiger charge is 2.40. The van der Waals surface area contributed by atoms with Crippen molar-refractivity contribution in [1.82, 2.24) is 15.6 Å². The quantitative estimate of drug-likeness (QED) is 0.251. The number of hydrogen-bond donors (Lipinski definition) is 3. The van der Waals surface area contributed by atoms with E-state index in [1.807, 2.05) is 98.0 Å². The minimum Gasteiger partial charge on any atom is -0.460 e. The fraction of sp³-hybridized carbons (Fsp3) is 0.207. The number of carbonyl (C=O) groups excluding carboxylic acids is 1. The molecule has 35 heavy (non-hydrogen) atoms. The van der Waals surface area contributed by atoms with Crippen molar-refractivity contribution in [1.29, 1.82) is 0 Å². The van der Waals surface area contributed by atoms with Gasteiger partial charge < -0.3 is 19.5 Å². The number of amides is 1. The van der Waals surface area contributed by atoms with Gasteiger partial charge in [-0.2, -0.15) is 0 Å². The lowest BCUT2D eigenvalue weighted by atomic mass is 9.99. The number of para-hydroxylation sites is 2. The van der Waals surface area contributed by atoms with E-state index in [4.69, 9.17) is 9.15 Å². The first-order valence-electron chi connectivity index (χ1n) is 11.8. The second-order valence-electron chi connectivity index (χ2n) is 8.78. The van der Waals surface area contributed by atoms with Crippen LogP contribution in [0, 0.1) is 0 Å². The Morgan fingerprint density at radius 2 is 1.77 bits per heavy atom. The maximum Gasteiger partial charge on any atom is 0.268 e. The standard InChI is InChI=1S/C29H29N3O3/c1-20(21-10-4-3-5-11-21)32-28(33)29(34-2,17-23-18-30-26-14-8-7-13-25(23)26)31-19-24-16-22-12-6-9-15-27(22)35-24/h3-16,18,20,30-31H,17,19H2,1-2H3,(H,32,33). The van der Waals surface area contributed by atoms with Gasteiger partial charge in [-0.25, -0.2) is 0 Å². The molecule has 3 N–H and O–H groups in total. The first-order chi connectivity index (χ1) is 17.1. The molecule has 2 heterocycles. The molecule has 1 amide bonds. The molecule has 0 aliphatic rings. The number of fused-ring (bicyclic) bond motifs is 2. The van der Waals surface area contributed by atoms with E-state index in [1.165, 1.54) is 0 Å². The first-order valence-corrected chi connectivity index (χ1v) is 11.8. The molecule has 2 atom stereocenters. The van der Waals surface area contributed by atoms with Gasteiger partial charge in [0.05, 0.1) is 12.6 Å². The number of H-pyrrole nitrogens is 1. The van der Waals surface area contributed by atoms with Crippen LogP contribution in [-0.2, 0) is 22.5 Å². The second-order valence-corrected chi connectivity index (χ2v) is 8.78. The molecule has 6 nitrogen and oxygen atoms in total. The highest BCUT2D eigenvalue weighted by Crippen LogP contribution is 2.26. The Kier molecular flexibility index (Phi) is 6.40. The second kappa shape index (κ2) is 9.78. The molecule has 0 bridgehead atoms. The molecule has 5 rings (SSSR count). The normalized spacial score (nSPS) is 14.1. The van der Waals surface area contributed by atoms with Crippen LogP contribution < -0.4 is 10.6 Å². The van der Waals surface area contributed by atoms with Gasteiger partial charge in [0.1, 0.15) is 11.3 Å². The van der Waals surface area contributed by atoms with E-state index in [1.54, 1.807) is 7.11 Å². The van der Waals surface area contributed by atoms with Gasteiger partial charge in [0.25, 0.3) is 5.91 Å². The lowest BCUT2D eigenvalue weighted by Crippen LogP contribution is -2.59. The molecule has 0 radical (unpaired) electrons. The average Bonchev–Trinajstić information content (AvgIpc) is 3.50. The predicted molar refractivity (Wildman–Crippen MR) is 138 cm³/mol. The number of rotatable bonds is 9. The summed E-state index contributed by atoms with van der Waals surface area (Å²) in [6, 6.07) is 27.6. The number of hydrogen-bond acceptors (Lipinski definition) is 4. The smallest absolute Gasteiger partial charge is 0.268 e. The van der Waals surface area contributed by atoms with Gasteiger partial charge in [-0.15, -0.1) is 0 Å². The van der Waals surface area contributed by atoms with E-state index >= 15 is 0 Å². The molecule has 178 valence electrons. The fourth-order valence-electron chi connectivity index (χ4n) is 4.50. The minimum atomic E-state index is -1.31. The number of benzene rings is 3. The summed E-state index contributed by atoms with van der Waals surface area (Å²) in [6.07, 6.45) is 2.27. The van der Waals surface area contributed by atoms with Gasteiger partial charge in [0, 0.05) is 36.0 Å². The summed E-state index contributed by atoms with van der Waals surface area (Å²) in [5.41, 5.74) is 2.53. The molecule has 5 aromatic rings. The number of nitrogens with one attached hydrogen (secondary N) is 3. The number of aromatic amines is 1. The van der Waals surface area contributed by atoms with Crippen molar-refractivity contribution in [2.75, 3.05) is 7.11 Å². The number of furan rings is 1. The molecule has 6 heteroatoms. The maximum atomic E-state index is 13.8. The summed E-state index contributed by atoms with van der Waals surface area (Å²) in [4.78, 5) is 17.1. The van der Waals surface area contributed by atoms with Crippen molar-refractivity contribution in [3.05, 3.63) is 108 Å². The van der Waals surface area contributed by atoms with Crippen molar-refractivity contribution in [2.45, 2.75) is 31.7 Å². The molecule has 0 aliphatic carbocycles.